The Labute approximate surface area is 79.5 Å². The number of benzene rings is 1. The van der Waals surface area contributed by atoms with Gasteiger partial charge in [0.05, 0.1) is 5.56 Å². The van der Waals surface area contributed by atoms with Gasteiger partial charge >= 0.3 is 13.1 Å². The van der Waals surface area contributed by atoms with E-state index >= 15 is 0 Å². The minimum atomic E-state index is -1.76. The molecule has 0 spiro atoms. The summed E-state index contributed by atoms with van der Waals surface area (Å²) >= 11 is 5.58. The molecule has 0 aliphatic heterocycles. The molecule has 1 aromatic carbocycles. The maximum absolute atomic E-state index is 10.5. The number of hydrogen-bond acceptors (Lipinski definition) is 3. The minimum absolute atomic E-state index is 0.0124. The summed E-state index contributed by atoms with van der Waals surface area (Å²) in [5.74, 6) is -1.14. The monoisotopic (exact) mass is 200 g/mol. The Morgan fingerprint density at radius 1 is 1.38 bits per heavy atom. The summed E-state index contributed by atoms with van der Waals surface area (Å²) < 4.78 is 0. The second-order valence-electron chi connectivity index (χ2n) is 2.42. The molecule has 0 saturated carbocycles. The fraction of sp³-hybridized carbons (Fsp3) is 0. The summed E-state index contributed by atoms with van der Waals surface area (Å²) in [7, 11) is -1.76. The molecule has 13 heavy (non-hydrogen) atoms. The molecular formula is C7H6BClO4. The minimum Gasteiger partial charge on any atom is -0.478 e. The molecule has 0 unspecified atom stereocenters. The zero-order chi connectivity index (χ0) is 10.0. The number of hydrogen-bond donors (Lipinski definition) is 3. The van der Waals surface area contributed by atoms with E-state index < -0.39 is 13.1 Å². The van der Waals surface area contributed by atoms with Gasteiger partial charge in [-0.2, -0.15) is 0 Å². The Bertz CT molecular complexity index is 339. The lowest BCUT2D eigenvalue weighted by Crippen LogP contribution is -2.31. The van der Waals surface area contributed by atoms with Crippen LogP contribution in [0.3, 0.4) is 0 Å². The highest BCUT2D eigenvalue weighted by molar-refractivity contribution is 6.62. The summed E-state index contributed by atoms with van der Waals surface area (Å²) in [5, 5.41) is 26.3. The van der Waals surface area contributed by atoms with Crippen LogP contribution in [-0.4, -0.2) is 28.2 Å². The van der Waals surface area contributed by atoms with Gasteiger partial charge in [-0.05, 0) is 18.2 Å². The van der Waals surface area contributed by atoms with Gasteiger partial charge in [0.15, 0.2) is 0 Å². The molecular weight excluding hydrogens is 194 g/mol. The van der Waals surface area contributed by atoms with Crippen molar-refractivity contribution in [2.45, 2.75) is 0 Å². The molecule has 0 heterocycles. The second kappa shape index (κ2) is 3.78. The molecule has 4 nitrogen and oxygen atoms in total. The van der Waals surface area contributed by atoms with Crippen LogP contribution in [0, 0.1) is 0 Å². The van der Waals surface area contributed by atoms with Crippen molar-refractivity contribution in [1.29, 1.82) is 0 Å². The van der Waals surface area contributed by atoms with Crippen LogP contribution in [0.4, 0.5) is 0 Å². The molecule has 0 aliphatic carbocycles. The van der Waals surface area contributed by atoms with Crippen LogP contribution in [0.25, 0.3) is 0 Å². The van der Waals surface area contributed by atoms with Crippen molar-refractivity contribution in [3.63, 3.8) is 0 Å². The largest absolute Gasteiger partial charge is 0.489 e. The van der Waals surface area contributed by atoms with Gasteiger partial charge < -0.3 is 15.2 Å². The smallest absolute Gasteiger partial charge is 0.478 e. The maximum atomic E-state index is 10.5. The van der Waals surface area contributed by atoms with Gasteiger partial charge in [-0.15, -0.1) is 0 Å². The SMILES string of the molecule is O=C(O)c1ccc(Cl)c(B(O)O)c1. The van der Waals surface area contributed by atoms with E-state index in [4.69, 9.17) is 26.8 Å². The molecule has 0 aliphatic rings. The van der Waals surface area contributed by atoms with Crippen molar-refractivity contribution in [3.05, 3.63) is 28.8 Å². The van der Waals surface area contributed by atoms with E-state index in [1.54, 1.807) is 0 Å². The quantitative estimate of drug-likeness (QED) is 0.574. The fourth-order valence-electron chi connectivity index (χ4n) is 0.875. The first-order chi connectivity index (χ1) is 6.02. The number of carbonyl (C=O) groups is 1. The zero-order valence-corrected chi connectivity index (χ0v) is 7.19. The van der Waals surface area contributed by atoms with E-state index in [9.17, 15) is 4.79 Å². The molecule has 68 valence electrons. The first kappa shape index (κ1) is 10.0. The Kier molecular flexibility index (Phi) is 2.92. The third-order valence-corrected chi connectivity index (χ3v) is 1.87. The van der Waals surface area contributed by atoms with E-state index in [0.29, 0.717) is 0 Å². The Morgan fingerprint density at radius 2 is 2.00 bits per heavy atom. The molecule has 6 heteroatoms. The summed E-state index contributed by atoms with van der Waals surface area (Å²) in [6.45, 7) is 0. The first-order valence-electron chi connectivity index (χ1n) is 3.41. The highest BCUT2D eigenvalue weighted by atomic mass is 35.5. The predicted molar refractivity (Wildman–Crippen MR) is 48.2 cm³/mol. The lowest BCUT2D eigenvalue weighted by molar-refractivity contribution is 0.0697. The van der Waals surface area contributed by atoms with Crippen LogP contribution in [0.5, 0.6) is 0 Å². The Hall–Kier alpha value is -1.04. The van der Waals surface area contributed by atoms with Crippen LogP contribution >= 0.6 is 11.6 Å². The van der Waals surface area contributed by atoms with E-state index in [2.05, 4.69) is 0 Å². The molecule has 0 bridgehead atoms. The Morgan fingerprint density at radius 3 is 2.46 bits per heavy atom. The van der Waals surface area contributed by atoms with Crippen molar-refractivity contribution in [1.82, 2.24) is 0 Å². The van der Waals surface area contributed by atoms with Crippen LogP contribution in [0.15, 0.2) is 18.2 Å². The normalized spacial score (nSPS) is 9.77. The first-order valence-corrected chi connectivity index (χ1v) is 3.79. The van der Waals surface area contributed by atoms with Crippen molar-refractivity contribution >= 4 is 30.2 Å². The topological polar surface area (TPSA) is 77.8 Å². The van der Waals surface area contributed by atoms with E-state index in [1.807, 2.05) is 0 Å². The van der Waals surface area contributed by atoms with Crippen molar-refractivity contribution in [2.24, 2.45) is 0 Å². The van der Waals surface area contributed by atoms with Crippen LogP contribution in [-0.2, 0) is 0 Å². The summed E-state index contributed by atoms with van der Waals surface area (Å²) in [4.78, 5) is 10.5. The van der Waals surface area contributed by atoms with Gasteiger partial charge in [-0.1, -0.05) is 11.6 Å². The summed E-state index contributed by atoms with van der Waals surface area (Å²) in [6.07, 6.45) is 0. The third-order valence-electron chi connectivity index (χ3n) is 1.52. The van der Waals surface area contributed by atoms with Gasteiger partial charge in [0.25, 0.3) is 0 Å². The second-order valence-corrected chi connectivity index (χ2v) is 2.82. The molecule has 0 amide bonds. The summed E-state index contributed by atoms with van der Waals surface area (Å²) in [5.41, 5.74) is -0.0472. The number of carboxylic acids is 1. The highest BCUT2D eigenvalue weighted by Gasteiger charge is 2.17. The van der Waals surface area contributed by atoms with Gasteiger partial charge in [-0.3, -0.25) is 0 Å². The van der Waals surface area contributed by atoms with E-state index in [1.165, 1.54) is 12.1 Å². The molecule has 0 saturated heterocycles. The highest BCUT2D eigenvalue weighted by Crippen LogP contribution is 2.08. The lowest BCUT2D eigenvalue weighted by atomic mass is 9.79. The number of halogens is 1. The number of aromatic carboxylic acids is 1. The zero-order valence-electron chi connectivity index (χ0n) is 6.44. The van der Waals surface area contributed by atoms with E-state index in [-0.39, 0.29) is 16.0 Å². The fourth-order valence-corrected chi connectivity index (χ4v) is 1.09. The van der Waals surface area contributed by atoms with Gasteiger partial charge in [0.2, 0.25) is 0 Å². The van der Waals surface area contributed by atoms with Gasteiger partial charge in [-0.25, -0.2) is 4.79 Å². The molecule has 1 aromatic rings. The van der Waals surface area contributed by atoms with Gasteiger partial charge in [0, 0.05) is 10.5 Å². The number of carboxylic acid groups (broad SMARTS) is 1. The molecule has 3 N–H and O–H groups in total. The van der Waals surface area contributed by atoms with Crippen LogP contribution < -0.4 is 5.46 Å². The molecule has 0 radical (unpaired) electrons. The standard InChI is InChI=1S/C7H6BClO4/c9-6-2-1-4(7(10)11)3-5(6)8(12)13/h1-3,12-13H,(H,10,11). The average molecular weight is 200 g/mol. The summed E-state index contributed by atoms with van der Waals surface area (Å²) in [6, 6.07) is 3.71. The Balaban J connectivity index is 3.19. The lowest BCUT2D eigenvalue weighted by Gasteiger charge is -2.03. The van der Waals surface area contributed by atoms with Crippen LogP contribution in [0.2, 0.25) is 5.02 Å². The van der Waals surface area contributed by atoms with Crippen molar-refractivity contribution in [3.8, 4) is 0 Å². The third kappa shape index (κ3) is 2.21. The average Bonchev–Trinajstić information content (AvgIpc) is 2.04. The molecule has 1 rings (SSSR count). The van der Waals surface area contributed by atoms with Crippen molar-refractivity contribution in [2.75, 3.05) is 0 Å². The predicted octanol–water partition coefficient (Wildman–Crippen LogP) is -0.282. The number of rotatable bonds is 2. The molecule has 0 aromatic heterocycles. The van der Waals surface area contributed by atoms with Crippen molar-refractivity contribution < 1.29 is 19.9 Å². The maximum Gasteiger partial charge on any atom is 0.489 e. The van der Waals surface area contributed by atoms with Crippen LogP contribution in [0.1, 0.15) is 10.4 Å². The van der Waals surface area contributed by atoms with E-state index in [0.717, 1.165) is 6.07 Å². The molecule has 0 fully saturated rings. The van der Waals surface area contributed by atoms with Gasteiger partial charge in [0.1, 0.15) is 0 Å². The molecule has 0 atom stereocenters.